The van der Waals surface area contributed by atoms with Crippen molar-refractivity contribution in [3.05, 3.63) is 98.0 Å². The van der Waals surface area contributed by atoms with E-state index in [-0.39, 0.29) is 5.56 Å². The van der Waals surface area contributed by atoms with Crippen LogP contribution in [-0.4, -0.2) is 3.97 Å². The van der Waals surface area contributed by atoms with E-state index >= 15 is 0 Å². The van der Waals surface area contributed by atoms with Crippen LogP contribution in [0.15, 0.2) is 82.5 Å². The molecule has 23 heavy (non-hydrogen) atoms. The minimum absolute atomic E-state index is 0.0602. The van der Waals surface area contributed by atoms with Gasteiger partial charge in [0.25, 0.3) is 5.56 Å². The summed E-state index contributed by atoms with van der Waals surface area (Å²) in [5, 5.41) is 0. The Morgan fingerprint density at radius 1 is 0.826 bits per heavy atom. The van der Waals surface area contributed by atoms with Gasteiger partial charge in [-0.25, -0.2) is 3.97 Å². The van der Waals surface area contributed by atoms with Crippen molar-refractivity contribution in [1.29, 1.82) is 0 Å². The highest BCUT2D eigenvalue weighted by Crippen LogP contribution is 2.21. The second-order valence-electron chi connectivity index (χ2n) is 5.16. The second-order valence-corrected chi connectivity index (χ2v) is 7.34. The van der Waals surface area contributed by atoms with Gasteiger partial charge in [0.1, 0.15) is 0 Å². The molecule has 2 nitrogen and oxygen atoms in total. The van der Waals surface area contributed by atoms with Crippen LogP contribution in [0.1, 0.15) is 11.3 Å². The van der Waals surface area contributed by atoms with E-state index in [1.54, 1.807) is 0 Å². The van der Waals surface area contributed by atoms with Crippen LogP contribution in [0.4, 0.5) is 0 Å². The summed E-state index contributed by atoms with van der Waals surface area (Å²) in [4.78, 5) is 13.6. The Bertz CT molecular complexity index is 831. The smallest absolute Gasteiger partial charge is 0.267 e. The Kier molecular flexibility index (Phi) is 5.56. The van der Waals surface area contributed by atoms with Crippen LogP contribution in [0, 0.1) is 3.57 Å². The molecule has 0 unspecified atom stereocenters. The van der Waals surface area contributed by atoms with Gasteiger partial charge in [0.2, 0.25) is 0 Å². The third kappa shape index (κ3) is 4.26. The first-order valence-corrected chi connectivity index (χ1v) is 9.27. The zero-order valence-electron chi connectivity index (χ0n) is 12.5. The van der Waals surface area contributed by atoms with Crippen molar-refractivity contribution in [3.8, 4) is 0 Å². The standard InChI is InChI=1S/C19H16INOS/c20-18-14-13-16(12-11-15-7-3-1-4-8-15)21(19(18)22)23-17-9-5-2-6-10-17/h1-10,13-14H,11-12H2. The first-order valence-electron chi connectivity index (χ1n) is 7.42. The summed E-state index contributed by atoms with van der Waals surface area (Å²) in [7, 11) is 0. The molecular formula is C19H16INOS. The van der Waals surface area contributed by atoms with E-state index in [2.05, 4.69) is 52.9 Å². The molecule has 2 aromatic carbocycles. The molecule has 0 amide bonds. The van der Waals surface area contributed by atoms with E-state index in [1.807, 2.05) is 46.4 Å². The Balaban J connectivity index is 1.87. The first-order chi connectivity index (χ1) is 11.2. The van der Waals surface area contributed by atoms with Crippen molar-refractivity contribution in [2.24, 2.45) is 0 Å². The lowest BCUT2D eigenvalue weighted by atomic mass is 10.1. The number of halogens is 1. The topological polar surface area (TPSA) is 22.0 Å². The van der Waals surface area contributed by atoms with Gasteiger partial charge in [-0.1, -0.05) is 48.5 Å². The number of rotatable bonds is 5. The Labute approximate surface area is 153 Å². The van der Waals surface area contributed by atoms with Gasteiger partial charge in [-0.05, 0) is 77.2 Å². The number of aromatic nitrogens is 1. The van der Waals surface area contributed by atoms with Crippen molar-refractivity contribution in [3.63, 3.8) is 0 Å². The molecule has 0 bridgehead atoms. The highest BCUT2D eigenvalue weighted by atomic mass is 127. The number of hydrogen-bond acceptors (Lipinski definition) is 2. The number of aryl methyl sites for hydroxylation is 2. The van der Waals surface area contributed by atoms with Crippen molar-refractivity contribution < 1.29 is 0 Å². The maximum atomic E-state index is 12.5. The average Bonchev–Trinajstić information content (AvgIpc) is 2.60. The van der Waals surface area contributed by atoms with Crippen molar-refractivity contribution in [1.82, 2.24) is 3.97 Å². The molecule has 1 aromatic heterocycles. The molecular weight excluding hydrogens is 417 g/mol. The van der Waals surface area contributed by atoms with Crippen molar-refractivity contribution >= 4 is 34.5 Å². The second kappa shape index (κ2) is 7.84. The molecule has 0 aliphatic heterocycles. The molecule has 0 radical (unpaired) electrons. The fraction of sp³-hybridized carbons (Fsp3) is 0.105. The summed E-state index contributed by atoms with van der Waals surface area (Å²) < 4.78 is 2.56. The van der Waals surface area contributed by atoms with Crippen LogP contribution >= 0.6 is 34.5 Å². The van der Waals surface area contributed by atoms with E-state index in [4.69, 9.17) is 0 Å². The normalized spacial score (nSPS) is 10.7. The van der Waals surface area contributed by atoms with Gasteiger partial charge < -0.3 is 0 Å². The van der Waals surface area contributed by atoms with Crippen LogP contribution < -0.4 is 5.56 Å². The monoisotopic (exact) mass is 433 g/mol. The lowest BCUT2D eigenvalue weighted by Gasteiger charge is -2.12. The zero-order chi connectivity index (χ0) is 16.1. The molecule has 0 N–H and O–H groups in total. The van der Waals surface area contributed by atoms with Gasteiger partial charge in [0, 0.05) is 10.6 Å². The highest BCUT2D eigenvalue weighted by Gasteiger charge is 2.09. The van der Waals surface area contributed by atoms with Crippen LogP contribution in [0.2, 0.25) is 0 Å². The molecule has 116 valence electrons. The number of nitrogens with zero attached hydrogens (tertiary/aromatic N) is 1. The minimum atomic E-state index is 0.0602. The number of pyridine rings is 1. The van der Waals surface area contributed by atoms with Gasteiger partial charge in [0.05, 0.1) is 3.57 Å². The highest BCUT2D eigenvalue weighted by molar-refractivity contribution is 14.1. The Morgan fingerprint density at radius 2 is 1.48 bits per heavy atom. The number of hydrogen-bond donors (Lipinski definition) is 0. The van der Waals surface area contributed by atoms with Crippen molar-refractivity contribution in [2.75, 3.05) is 0 Å². The summed E-state index contributed by atoms with van der Waals surface area (Å²) in [6, 6.07) is 24.4. The molecule has 0 saturated carbocycles. The summed E-state index contributed by atoms with van der Waals surface area (Å²) in [6.45, 7) is 0. The average molecular weight is 433 g/mol. The lowest BCUT2D eigenvalue weighted by Crippen LogP contribution is -2.21. The Hall–Kier alpha value is -1.53. The largest absolute Gasteiger partial charge is 0.274 e. The van der Waals surface area contributed by atoms with Crippen molar-refractivity contribution in [2.45, 2.75) is 17.7 Å². The minimum Gasteiger partial charge on any atom is -0.267 e. The Morgan fingerprint density at radius 3 is 2.17 bits per heavy atom. The quantitative estimate of drug-likeness (QED) is 0.540. The lowest BCUT2D eigenvalue weighted by molar-refractivity contribution is 0.877. The molecule has 0 spiro atoms. The molecule has 1 heterocycles. The maximum Gasteiger partial charge on any atom is 0.274 e. The van der Waals surface area contributed by atoms with Gasteiger partial charge in [-0.15, -0.1) is 0 Å². The summed E-state index contributed by atoms with van der Waals surface area (Å²) in [6.07, 6.45) is 1.77. The summed E-state index contributed by atoms with van der Waals surface area (Å²) >= 11 is 3.59. The van der Waals surface area contributed by atoms with Gasteiger partial charge in [-0.2, -0.15) is 0 Å². The molecule has 0 saturated heterocycles. The van der Waals surface area contributed by atoms with Crippen LogP contribution in [0.3, 0.4) is 0 Å². The van der Waals surface area contributed by atoms with Crippen LogP contribution in [0.25, 0.3) is 0 Å². The SMILES string of the molecule is O=c1c(I)ccc(CCc2ccccc2)n1Sc1ccccc1. The van der Waals surface area contributed by atoms with Crippen LogP contribution in [-0.2, 0) is 12.8 Å². The van der Waals surface area contributed by atoms with E-state index < -0.39 is 0 Å². The third-order valence-corrected chi connectivity index (χ3v) is 5.41. The molecule has 0 aliphatic carbocycles. The molecule has 3 rings (SSSR count). The number of benzene rings is 2. The predicted molar refractivity (Wildman–Crippen MR) is 105 cm³/mol. The van der Waals surface area contributed by atoms with E-state index in [0.717, 1.165) is 27.0 Å². The van der Waals surface area contributed by atoms with Gasteiger partial charge in [0.15, 0.2) is 0 Å². The summed E-state index contributed by atoms with van der Waals surface area (Å²) in [5.41, 5.74) is 2.40. The predicted octanol–water partition coefficient (Wildman–Crippen LogP) is 4.79. The van der Waals surface area contributed by atoms with Gasteiger partial charge >= 0.3 is 0 Å². The molecule has 0 aliphatic rings. The molecule has 3 aromatic rings. The first kappa shape index (κ1) is 16.3. The maximum absolute atomic E-state index is 12.5. The third-order valence-electron chi connectivity index (χ3n) is 3.52. The van der Waals surface area contributed by atoms with E-state index in [9.17, 15) is 4.79 Å². The molecule has 0 atom stereocenters. The fourth-order valence-corrected chi connectivity index (χ4v) is 3.85. The molecule has 0 fully saturated rings. The van der Waals surface area contributed by atoms with E-state index in [1.165, 1.54) is 17.5 Å². The molecule has 4 heteroatoms. The van der Waals surface area contributed by atoms with Crippen LogP contribution in [0.5, 0.6) is 0 Å². The fourth-order valence-electron chi connectivity index (χ4n) is 2.32. The zero-order valence-corrected chi connectivity index (χ0v) is 15.5. The van der Waals surface area contributed by atoms with E-state index in [0.29, 0.717) is 0 Å². The summed E-state index contributed by atoms with van der Waals surface area (Å²) in [5.74, 6) is 0. The van der Waals surface area contributed by atoms with Gasteiger partial charge in [-0.3, -0.25) is 4.79 Å².